The lowest BCUT2D eigenvalue weighted by molar-refractivity contribution is -0.230. The first-order chi connectivity index (χ1) is 15.0. The number of carbonyl (C=O) groups excluding carboxylic acids is 1. The lowest BCUT2D eigenvalue weighted by atomic mass is 9.96. The molecule has 1 amide bonds. The lowest BCUT2D eigenvalue weighted by Gasteiger charge is -2.33. The molecule has 0 bridgehead atoms. The van der Waals surface area contributed by atoms with Gasteiger partial charge in [0.15, 0.2) is 5.79 Å². The van der Waals surface area contributed by atoms with Crippen LogP contribution in [0.2, 0.25) is 5.02 Å². The molecule has 1 fully saturated rings. The number of ether oxygens (including phenoxy) is 2. The van der Waals surface area contributed by atoms with Gasteiger partial charge in [0.05, 0.1) is 22.4 Å². The maximum Gasteiger partial charge on any atom is 0.267 e. The van der Waals surface area contributed by atoms with Crippen molar-refractivity contribution in [2.75, 3.05) is 6.61 Å². The van der Waals surface area contributed by atoms with E-state index in [1.54, 1.807) is 4.83 Å². The van der Waals surface area contributed by atoms with E-state index >= 15 is 0 Å². The van der Waals surface area contributed by atoms with Crippen LogP contribution >= 0.6 is 11.6 Å². The zero-order valence-electron chi connectivity index (χ0n) is 17.0. The van der Waals surface area contributed by atoms with E-state index in [0.717, 1.165) is 6.07 Å². The number of hydrogen-bond donors (Lipinski definition) is 3. The first-order valence-electron chi connectivity index (χ1n) is 9.55. The van der Waals surface area contributed by atoms with Crippen LogP contribution in [0, 0.1) is 11.7 Å². The molecule has 1 aliphatic rings. The van der Waals surface area contributed by atoms with Crippen LogP contribution in [0.3, 0.4) is 0 Å². The maximum absolute atomic E-state index is 13.1. The lowest BCUT2D eigenvalue weighted by Crippen LogP contribution is -2.49. The molecular formula is C20H22ClFN2O7S. The topological polar surface area (TPSA) is 125 Å². The summed E-state index contributed by atoms with van der Waals surface area (Å²) in [6.07, 6.45) is 0.378. The summed E-state index contributed by atoms with van der Waals surface area (Å²) in [7, 11) is -4.26. The van der Waals surface area contributed by atoms with E-state index in [9.17, 15) is 27.9 Å². The molecule has 32 heavy (non-hydrogen) atoms. The Morgan fingerprint density at radius 2 is 2.03 bits per heavy atom. The van der Waals surface area contributed by atoms with Gasteiger partial charge in [-0.05, 0) is 49.7 Å². The number of rotatable bonds is 7. The van der Waals surface area contributed by atoms with Crippen LogP contribution in [0.4, 0.5) is 4.39 Å². The molecule has 0 saturated carbocycles. The number of benzene rings is 2. The number of halogens is 2. The van der Waals surface area contributed by atoms with Crippen LogP contribution in [-0.2, 0) is 26.2 Å². The highest BCUT2D eigenvalue weighted by Crippen LogP contribution is 2.26. The Morgan fingerprint density at radius 3 is 2.62 bits per heavy atom. The molecule has 1 saturated heterocycles. The van der Waals surface area contributed by atoms with Gasteiger partial charge in [0.2, 0.25) is 0 Å². The van der Waals surface area contributed by atoms with Crippen molar-refractivity contribution in [2.45, 2.75) is 37.1 Å². The second-order valence-electron chi connectivity index (χ2n) is 7.46. The molecule has 1 heterocycles. The molecule has 0 spiro atoms. The van der Waals surface area contributed by atoms with Crippen molar-refractivity contribution in [3.63, 3.8) is 0 Å². The highest BCUT2D eigenvalue weighted by atomic mass is 35.5. The third-order valence-electron chi connectivity index (χ3n) is 4.86. The number of hydrogen-bond acceptors (Lipinski definition) is 7. The van der Waals surface area contributed by atoms with Crippen LogP contribution < -0.4 is 9.57 Å². The number of hydroxylamine groups is 1. The SMILES string of the molecule is CC1(O)CCC(C(=O)N(O)NS(=O)(=O)c2ccc(OCc3ccc(F)cc3Cl)cc2)CO1. The van der Waals surface area contributed by atoms with Crippen LogP contribution in [0.25, 0.3) is 0 Å². The molecule has 1 aliphatic heterocycles. The summed E-state index contributed by atoms with van der Waals surface area (Å²) in [4.78, 5) is 13.8. The van der Waals surface area contributed by atoms with Crippen LogP contribution in [0.5, 0.6) is 5.75 Å². The van der Waals surface area contributed by atoms with E-state index in [-0.39, 0.29) is 41.1 Å². The van der Waals surface area contributed by atoms with Gasteiger partial charge in [0, 0.05) is 12.0 Å². The zero-order chi connectivity index (χ0) is 23.5. The molecule has 0 radical (unpaired) electrons. The van der Waals surface area contributed by atoms with E-state index in [1.165, 1.54) is 43.3 Å². The van der Waals surface area contributed by atoms with Gasteiger partial charge in [0.25, 0.3) is 15.9 Å². The number of aliphatic hydroxyl groups is 1. The van der Waals surface area contributed by atoms with Crippen molar-refractivity contribution in [3.05, 3.63) is 58.9 Å². The Balaban J connectivity index is 1.58. The summed E-state index contributed by atoms with van der Waals surface area (Å²) >= 11 is 5.94. The normalized spacial score (nSPS) is 21.2. The van der Waals surface area contributed by atoms with Gasteiger partial charge in [-0.3, -0.25) is 10.0 Å². The predicted molar refractivity (Wildman–Crippen MR) is 110 cm³/mol. The highest BCUT2D eigenvalue weighted by molar-refractivity contribution is 7.89. The van der Waals surface area contributed by atoms with E-state index in [4.69, 9.17) is 21.1 Å². The van der Waals surface area contributed by atoms with Crippen molar-refractivity contribution in [3.8, 4) is 5.75 Å². The maximum atomic E-state index is 13.1. The molecule has 174 valence electrons. The first kappa shape index (κ1) is 24.4. The van der Waals surface area contributed by atoms with Gasteiger partial charge in [-0.2, -0.15) is 0 Å². The summed E-state index contributed by atoms with van der Waals surface area (Å²) in [5.41, 5.74) is 0.550. The Bertz CT molecular complexity index is 1070. The largest absolute Gasteiger partial charge is 0.489 e. The van der Waals surface area contributed by atoms with E-state index in [2.05, 4.69) is 0 Å². The molecule has 2 aromatic rings. The molecule has 0 aliphatic carbocycles. The van der Waals surface area contributed by atoms with Gasteiger partial charge in [-0.15, -0.1) is 5.17 Å². The predicted octanol–water partition coefficient (Wildman–Crippen LogP) is 2.60. The van der Waals surface area contributed by atoms with Crippen molar-refractivity contribution >= 4 is 27.5 Å². The van der Waals surface area contributed by atoms with Gasteiger partial charge >= 0.3 is 0 Å². The van der Waals surface area contributed by atoms with E-state index < -0.39 is 33.5 Å². The molecule has 3 N–H and O–H groups in total. The third kappa shape index (κ3) is 6.15. The monoisotopic (exact) mass is 488 g/mol. The number of sulfonamides is 1. The van der Waals surface area contributed by atoms with Crippen LogP contribution in [-0.4, -0.2) is 42.2 Å². The summed E-state index contributed by atoms with van der Waals surface area (Å²) in [5, 5.41) is 19.8. The number of nitrogens with one attached hydrogen (secondary N) is 1. The Labute approximate surface area is 189 Å². The third-order valence-corrected chi connectivity index (χ3v) is 6.52. The molecule has 2 aromatic carbocycles. The molecular weight excluding hydrogens is 467 g/mol. The Morgan fingerprint density at radius 1 is 1.34 bits per heavy atom. The smallest absolute Gasteiger partial charge is 0.267 e. The van der Waals surface area contributed by atoms with Crippen molar-refractivity contribution < 1.29 is 37.4 Å². The summed E-state index contributed by atoms with van der Waals surface area (Å²) in [6.45, 7) is 1.34. The Hall–Kier alpha value is -2.28. The average molecular weight is 489 g/mol. The fourth-order valence-corrected chi connectivity index (χ4v) is 4.11. The summed E-state index contributed by atoms with van der Waals surface area (Å²) in [6, 6.07) is 9.10. The standard InChI is InChI=1S/C20H22ClFN2O7S/c1-20(26)9-8-14(12-31-20)19(25)24(27)23-32(28,29)17-6-4-16(5-7-17)30-11-13-2-3-15(22)10-18(13)21/h2-7,10,14,23,26-27H,8-9,11-12H2,1H3. The number of hydrazine groups is 1. The van der Waals surface area contributed by atoms with Gasteiger partial charge in [-0.25, -0.2) is 12.8 Å². The fraction of sp³-hybridized carbons (Fsp3) is 0.350. The highest BCUT2D eigenvalue weighted by Gasteiger charge is 2.36. The van der Waals surface area contributed by atoms with Crippen molar-refractivity contribution in [1.29, 1.82) is 0 Å². The molecule has 3 rings (SSSR count). The number of amides is 1. The minimum absolute atomic E-state index is 0.0404. The zero-order valence-corrected chi connectivity index (χ0v) is 18.6. The second-order valence-corrected chi connectivity index (χ2v) is 9.53. The quantitative estimate of drug-likeness (QED) is 0.404. The second kappa shape index (κ2) is 9.69. The fourth-order valence-electron chi connectivity index (χ4n) is 2.97. The molecule has 9 nitrogen and oxygen atoms in total. The van der Waals surface area contributed by atoms with Crippen molar-refractivity contribution in [2.24, 2.45) is 5.92 Å². The van der Waals surface area contributed by atoms with Crippen LogP contribution in [0.15, 0.2) is 47.4 Å². The minimum Gasteiger partial charge on any atom is -0.489 e. The molecule has 2 unspecified atom stereocenters. The molecule has 2 atom stereocenters. The molecule has 12 heteroatoms. The average Bonchev–Trinajstić information content (AvgIpc) is 2.72. The van der Waals surface area contributed by atoms with E-state index in [0.29, 0.717) is 11.3 Å². The van der Waals surface area contributed by atoms with Crippen LogP contribution in [0.1, 0.15) is 25.3 Å². The summed E-state index contributed by atoms with van der Waals surface area (Å²) < 4.78 is 48.7. The van der Waals surface area contributed by atoms with Gasteiger partial charge in [0.1, 0.15) is 18.2 Å². The molecule has 0 aromatic heterocycles. The van der Waals surface area contributed by atoms with Gasteiger partial charge in [-0.1, -0.05) is 22.5 Å². The van der Waals surface area contributed by atoms with Crippen molar-refractivity contribution in [1.82, 2.24) is 10.0 Å². The van der Waals surface area contributed by atoms with E-state index in [1.807, 2.05) is 0 Å². The number of nitrogens with zero attached hydrogens (tertiary/aromatic N) is 1. The summed E-state index contributed by atoms with van der Waals surface area (Å²) in [5.74, 6) is -3.22. The Kier molecular flexibility index (Phi) is 7.38. The first-order valence-corrected chi connectivity index (χ1v) is 11.4. The minimum atomic E-state index is -4.26. The number of carbonyl (C=O) groups is 1. The van der Waals surface area contributed by atoms with Gasteiger partial charge < -0.3 is 14.6 Å².